The van der Waals surface area contributed by atoms with Crippen molar-refractivity contribution in [2.24, 2.45) is 5.73 Å². The second-order valence-corrected chi connectivity index (χ2v) is 7.38. The number of nitrogens with two attached hydrogens (primary N) is 1. The number of imidazole rings is 1. The number of ether oxygens (including phenoxy) is 1. The Morgan fingerprint density at radius 2 is 1.93 bits per heavy atom. The van der Waals surface area contributed by atoms with Gasteiger partial charge in [0.15, 0.2) is 11.5 Å². The lowest BCUT2D eigenvalue weighted by atomic mass is 9.92. The SMILES string of the molecule is CCOc1ccc(Nc2c(C)c(N[C@H]3CC[C@@H](N)CC3)nn3ccnc23)cc1. The Morgan fingerprint density at radius 1 is 1.18 bits per heavy atom. The first-order chi connectivity index (χ1) is 13.6. The number of rotatable bonds is 6. The molecule has 1 aromatic carbocycles. The monoisotopic (exact) mass is 380 g/mol. The Labute approximate surface area is 165 Å². The van der Waals surface area contributed by atoms with Crippen LogP contribution in [0.15, 0.2) is 36.7 Å². The molecule has 0 unspecified atom stereocenters. The van der Waals surface area contributed by atoms with Gasteiger partial charge >= 0.3 is 0 Å². The van der Waals surface area contributed by atoms with Crippen molar-refractivity contribution >= 4 is 22.8 Å². The van der Waals surface area contributed by atoms with Crippen molar-refractivity contribution in [1.82, 2.24) is 14.6 Å². The number of hydrogen-bond acceptors (Lipinski definition) is 6. The lowest BCUT2D eigenvalue weighted by molar-refractivity contribution is 0.340. The molecule has 2 heterocycles. The minimum atomic E-state index is 0.333. The van der Waals surface area contributed by atoms with Crippen molar-refractivity contribution in [2.75, 3.05) is 17.2 Å². The van der Waals surface area contributed by atoms with Gasteiger partial charge in [0, 0.05) is 35.7 Å². The minimum absolute atomic E-state index is 0.333. The third kappa shape index (κ3) is 3.89. The molecule has 0 bridgehead atoms. The summed E-state index contributed by atoms with van der Waals surface area (Å²) in [6, 6.07) is 8.70. The van der Waals surface area contributed by atoms with Crippen molar-refractivity contribution in [3.8, 4) is 5.75 Å². The molecule has 7 nitrogen and oxygen atoms in total. The Balaban J connectivity index is 1.61. The molecule has 0 amide bonds. The van der Waals surface area contributed by atoms with Crippen LogP contribution in [0.2, 0.25) is 0 Å². The first-order valence-corrected chi connectivity index (χ1v) is 10.00. The van der Waals surface area contributed by atoms with Gasteiger partial charge in [0.25, 0.3) is 0 Å². The molecule has 148 valence electrons. The zero-order valence-electron chi connectivity index (χ0n) is 16.5. The number of benzene rings is 1. The van der Waals surface area contributed by atoms with E-state index in [-0.39, 0.29) is 0 Å². The van der Waals surface area contributed by atoms with E-state index in [1.165, 1.54) is 0 Å². The number of nitrogens with one attached hydrogen (secondary N) is 2. The Bertz CT molecular complexity index is 928. The quantitative estimate of drug-likeness (QED) is 0.602. The van der Waals surface area contributed by atoms with Crippen molar-refractivity contribution in [1.29, 1.82) is 0 Å². The molecular formula is C21H28N6O. The maximum atomic E-state index is 6.05. The molecule has 1 fully saturated rings. The fraction of sp³-hybridized carbons (Fsp3) is 0.429. The van der Waals surface area contributed by atoms with Gasteiger partial charge in [0.2, 0.25) is 0 Å². The topological polar surface area (TPSA) is 89.5 Å². The highest BCUT2D eigenvalue weighted by atomic mass is 16.5. The summed E-state index contributed by atoms with van der Waals surface area (Å²) in [6.45, 7) is 4.72. The third-order valence-corrected chi connectivity index (χ3v) is 5.33. The van der Waals surface area contributed by atoms with Crippen LogP contribution in [0.5, 0.6) is 5.75 Å². The predicted octanol–water partition coefficient (Wildman–Crippen LogP) is 3.86. The van der Waals surface area contributed by atoms with E-state index >= 15 is 0 Å². The fourth-order valence-corrected chi connectivity index (χ4v) is 3.71. The van der Waals surface area contributed by atoms with Gasteiger partial charge in [-0.25, -0.2) is 9.50 Å². The van der Waals surface area contributed by atoms with Crippen LogP contribution >= 0.6 is 0 Å². The van der Waals surface area contributed by atoms with Gasteiger partial charge in [-0.1, -0.05) is 0 Å². The van der Waals surface area contributed by atoms with Gasteiger partial charge in [-0.3, -0.25) is 0 Å². The molecule has 0 saturated heterocycles. The standard InChI is InChI=1S/C21H28N6O/c1-3-28-18-10-8-16(9-11-18)24-19-14(2)20(26-27-13-12-23-21(19)27)25-17-6-4-15(22)5-7-17/h8-13,15,17,24H,3-7,22H2,1-2H3,(H,25,26)/t15-,17+. The highest BCUT2D eigenvalue weighted by Gasteiger charge is 2.21. The van der Waals surface area contributed by atoms with Gasteiger partial charge in [-0.15, -0.1) is 5.10 Å². The molecule has 1 saturated carbocycles. The molecule has 0 radical (unpaired) electrons. The van der Waals surface area contributed by atoms with E-state index in [4.69, 9.17) is 15.6 Å². The normalized spacial score (nSPS) is 19.5. The molecule has 3 aromatic rings. The first kappa shape index (κ1) is 18.6. The molecule has 1 aliphatic carbocycles. The van der Waals surface area contributed by atoms with Crippen LogP contribution < -0.4 is 21.1 Å². The smallest absolute Gasteiger partial charge is 0.177 e. The number of aromatic nitrogens is 3. The zero-order valence-corrected chi connectivity index (χ0v) is 16.5. The van der Waals surface area contributed by atoms with Crippen molar-refractivity contribution < 1.29 is 4.74 Å². The summed E-state index contributed by atoms with van der Waals surface area (Å²) >= 11 is 0. The van der Waals surface area contributed by atoms with Crippen LogP contribution in [0.1, 0.15) is 38.2 Å². The Morgan fingerprint density at radius 3 is 2.64 bits per heavy atom. The molecule has 0 atom stereocenters. The summed E-state index contributed by atoms with van der Waals surface area (Å²) < 4.78 is 7.35. The van der Waals surface area contributed by atoms with Crippen molar-refractivity contribution in [3.63, 3.8) is 0 Å². The van der Waals surface area contributed by atoms with Crippen LogP contribution in [0.4, 0.5) is 17.2 Å². The first-order valence-electron chi connectivity index (χ1n) is 10.00. The lowest BCUT2D eigenvalue weighted by Gasteiger charge is -2.28. The van der Waals surface area contributed by atoms with Crippen LogP contribution in [-0.2, 0) is 0 Å². The Hall–Kier alpha value is -2.80. The van der Waals surface area contributed by atoms with Crippen LogP contribution in [0.3, 0.4) is 0 Å². The zero-order chi connectivity index (χ0) is 19.5. The molecule has 1 aliphatic rings. The minimum Gasteiger partial charge on any atom is -0.494 e. The number of fused-ring (bicyclic) bond motifs is 1. The molecular weight excluding hydrogens is 352 g/mol. The van der Waals surface area contributed by atoms with Gasteiger partial charge in [0.1, 0.15) is 5.75 Å². The maximum Gasteiger partial charge on any atom is 0.177 e. The summed E-state index contributed by atoms with van der Waals surface area (Å²) in [5, 5.41) is 11.9. The maximum absolute atomic E-state index is 6.05. The molecule has 28 heavy (non-hydrogen) atoms. The molecule has 4 N–H and O–H groups in total. The van der Waals surface area contributed by atoms with E-state index in [0.29, 0.717) is 18.7 Å². The summed E-state index contributed by atoms with van der Waals surface area (Å²) in [5.74, 6) is 1.75. The number of hydrogen-bond donors (Lipinski definition) is 3. The second kappa shape index (κ2) is 8.06. The predicted molar refractivity (Wildman–Crippen MR) is 112 cm³/mol. The summed E-state index contributed by atoms with van der Waals surface area (Å²) in [4.78, 5) is 4.49. The molecule has 2 aromatic heterocycles. The van der Waals surface area contributed by atoms with E-state index in [1.807, 2.05) is 41.9 Å². The van der Waals surface area contributed by atoms with Crippen molar-refractivity contribution in [3.05, 3.63) is 42.2 Å². The third-order valence-electron chi connectivity index (χ3n) is 5.33. The molecule has 0 spiro atoms. The summed E-state index contributed by atoms with van der Waals surface area (Å²) in [6.07, 6.45) is 7.91. The molecule has 4 rings (SSSR count). The van der Waals surface area contributed by atoms with E-state index in [2.05, 4.69) is 22.5 Å². The average molecular weight is 380 g/mol. The van der Waals surface area contributed by atoms with Gasteiger partial charge in [-0.05, 0) is 63.8 Å². The van der Waals surface area contributed by atoms with Crippen LogP contribution in [-0.4, -0.2) is 33.3 Å². The molecule has 7 heteroatoms. The largest absolute Gasteiger partial charge is 0.494 e. The van der Waals surface area contributed by atoms with Gasteiger partial charge in [-0.2, -0.15) is 0 Å². The van der Waals surface area contributed by atoms with Crippen LogP contribution in [0, 0.1) is 6.92 Å². The van der Waals surface area contributed by atoms with Crippen molar-refractivity contribution in [2.45, 2.75) is 51.6 Å². The lowest BCUT2D eigenvalue weighted by Crippen LogP contribution is -2.33. The molecule has 0 aliphatic heterocycles. The van der Waals surface area contributed by atoms with E-state index in [9.17, 15) is 0 Å². The van der Waals surface area contributed by atoms with Gasteiger partial charge < -0.3 is 21.1 Å². The average Bonchev–Trinajstić information content (AvgIpc) is 3.16. The van der Waals surface area contributed by atoms with Crippen LogP contribution in [0.25, 0.3) is 5.65 Å². The highest BCUT2D eigenvalue weighted by Crippen LogP contribution is 2.31. The fourth-order valence-electron chi connectivity index (χ4n) is 3.71. The van der Waals surface area contributed by atoms with E-state index in [1.54, 1.807) is 6.20 Å². The van der Waals surface area contributed by atoms with Gasteiger partial charge in [0.05, 0.1) is 12.3 Å². The van der Waals surface area contributed by atoms with E-state index < -0.39 is 0 Å². The highest BCUT2D eigenvalue weighted by molar-refractivity contribution is 5.80. The van der Waals surface area contributed by atoms with E-state index in [0.717, 1.165) is 59.8 Å². The Kier molecular flexibility index (Phi) is 5.34. The number of anilines is 3. The summed E-state index contributed by atoms with van der Waals surface area (Å²) in [7, 11) is 0. The second-order valence-electron chi connectivity index (χ2n) is 7.38. The number of nitrogens with zero attached hydrogens (tertiary/aromatic N) is 3. The summed E-state index contributed by atoms with van der Waals surface area (Å²) in [5.41, 5.74) is 9.85.